The Kier molecular flexibility index (Phi) is 13.0. The smallest absolute Gasteiger partial charge is 0.121 e. The Morgan fingerprint density at radius 1 is 0.784 bits per heavy atom. The summed E-state index contributed by atoms with van der Waals surface area (Å²) in [7, 11) is 0. The zero-order chi connectivity index (χ0) is 56.4. The number of aryl methyl sites for hydroxylation is 1. The van der Waals surface area contributed by atoms with Gasteiger partial charge in [0.05, 0.1) is 22.4 Å². The number of rotatable bonds is 9. The van der Waals surface area contributed by atoms with E-state index in [0.29, 0.717) is 16.7 Å². The molecule has 1 radical (unpaired) electrons. The molecule has 6 heteroatoms. The van der Waals surface area contributed by atoms with E-state index in [1.807, 2.05) is 12.1 Å². The molecule has 0 amide bonds. The van der Waals surface area contributed by atoms with E-state index in [4.69, 9.17) is 16.3 Å². The molecule has 3 aromatic heterocycles. The standard InChI is InChI=1S/C51H49N2O.C17H19FN.Ir/c1-32(2)43-29-39(36-21-19-35(20-22-36)37-25-27-51(5,6)28-26-37)30-44(33(3)4)48(43)53-46-18-11-10-17-45(46)52-50(53)42-16-12-15-41-40-24-23-38(31-47(40)54-49(41)42)34-13-8-7-9-14-34;1-12-11-19-16(9-14(12)10-17(2,3)4)13-5-7-15(18)8-6-13;/h7-15,17-24,29-33,37H,25-28H2,1-6H3;5,7-9,11H,10H2,1-4H3;/q2*-1;/i37D;1D3,10D2;. The van der Waals surface area contributed by atoms with Gasteiger partial charge in [-0.2, -0.15) is 0 Å². The third-order valence-corrected chi connectivity index (χ3v) is 14.3. The minimum Gasteiger partial charge on any atom is -0.501 e. The minimum absolute atomic E-state index is 0. The van der Waals surface area contributed by atoms with Crippen LogP contribution in [0.1, 0.15) is 142 Å². The predicted molar refractivity (Wildman–Crippen MR) is 303 cm³/mol. The van der Waals surface area contributed by atoms with Crippen LogP contribution in [0.2, 0.25) is 0 Å². The van der Waals surface area contributed by atoms with E-state index in [-0.39, 0.29) is 43.1 Å². The van der Waals surface area contributed by atoms with Crippen LogP contribution in [0, 0.1) is 35.6 Å². The number of para-hydroxylation sites is 2. The number of halogens is 1. The van der Waals surface area contributed by atoms with Gasteiger partial charge in [-0.05, 0) is 148 Å². The maximum Gasteiger partial charge on any atom is 0.121 e. The maximum absolute atomic E-state index is 13.1. The summed E-state index contributed by atoms with van der Waals surface area (Å²) < 4.78 is 71.5. The van der Waals surface area contributed by atoms with Gasteiger partial charge in [-0.15, -0.1) is 48.0 Å². The molecule has 0 unspecified atom stereocenters. The van der Waals surface area contributed by atoms with Gasteiger partial charge in [0.2, 0.25) is 0 Å². The molecular weight excluding hydrogens is 1090 g/mol. The summed E-state index contributed by atoms with van der Waals surface area (Å²) in [6.45, 7) is 16.5. The number of hydrogen-bond donors (Lipinski definition) is 0. The molecule has 0 N–H and O–H groups in total. The molecule has 0 bridgehead atoms. The molecular formula is C68H68FIrN3O-2. The second-order valence-corrected chi connectivity index (χ2v) is 22.1. The molecule has 3 heterocycles. The number of nitrogens with zero attached hydrogens (tertiary/aromatic N) is 3. The van der Waals surface area contributed by atoms with Crippen molar-refractivity contribution in [2.75, 3.05) is 0 Å². The van der Waals surface area contributed by atoms with Crippen LogP contribution in [-0.2, 0) is 26.5 Å². The fourth-order valence-electron chi connectivity index (χ4n) is 10.2. The number of furan rings is 1. The molecule has 11 rings (SSSR count). The molecule has 0 aliphatic heterocycles. The first-order valence-electron chi connectivity index (χ1n) is 28.7. The van der Waals surface area contributed by atoms with Crippen LogP contribution in [0.5, 0.6) is 0 Å². The zero-order valence-electron chi connectivity index (χ0n) is 49.9. The van der Waals surface area contributed by atoms with Crippen LogP contribution in [0.25, 0.3) is 83.6 Å². The minimum atomic E-state index is -2.48. The van der Waals surface area contributed by atoms with Gasteiger partial charge in [0.1, 0.15) is 5.58 Å². The quantitative estimate of drug-likeness (QED) is 0.135. The fourth-order valence-corrected chi connectivity index (χ4v) is 10.2. The second kappa shape index (κ2) is 21.4. The summed E-state index contributed by atoms with van der Waals surface area (Å²) in [4.78, 5) is 9.47. The average molecular weight is 1160 g/mol. The Balaban J connectivity index is 0.000000261. The van der Waals surface area contributed by atoms with E-state index in [1.54, 1.807) is 20.8 Å². The number of benzene rings is 7. The molecule has 74 heavy (non-hydrogen) atoms. The monoisotopic (exact) mass is 1160 g/mol. The molecule has 10 aromatic rings. The third kappa shape index (κ3) is 11.0. The van der Waals surface area contributed by atoms with Crippen LogP contribution in [0.4, 0.5) is 4.39 Å². The van der Waals surface area contributed by atoms with E-state index in [1.165, 1.54) is 52.3 Å². The number of pyridine rings is 1. The SMILES string of the molecule is [2H]C([2H])([2H])c1cnc(-c2[c-]cc(F)cc2)cc1C([2H])([2H])C(C)(C)C.[2H]C1(c2ccc(-c3cc(C(C)C)c(-n4c(-c5[c-]ccc6c5oc5cc(-c7ccccc7)ccc56)nc5ccccc54)c(C(C)C)c3)cc2)CCC(C)(C)CC1.[Ir]. The summed E-state index contributed by atoms with van der Waals surface area (Å²) in [5, 5.41) is 2.14. The molecule has 0 atom stereocenters. The topological polar surface area (TPSA) is 43.9 Å². The molecule has 1 aliphatic rings. The average Bonchev–Trinajstić information content (AvgIpc) is 4.01. The van der Waals surface area contributed by atoms with E-state index in [9.17, 15) is 5.76 Å². The number of aromatic nitrogens is 3. The summed E-state index contributed by atoms with van der Waals surface area (Å²) in [5.41, 5.74) is 14.3. The first-order valence-corrected chi connectivity index (χ1v) is 25.7. The summed E-state index contributed by atoms with van der Waals surface area (Å²) >= 11 is 0. The number of hydrogen-bond acceptors (Lipinski definition) is 3. The normalized spacial score (nSPS) is 15.9. The molecule has 379 valence electrons. The van der Waals surface area contributed by atoms with Crippen molar-refractivity contribution >= 4 is 33.0 Å². The Morgan fingerprint density at radius 3 is 2.12 bits per heavy atom. The van der Waals surface area contributed by atoms with Gasteiger partial charge < -0.3 is 14.0 Å². The van der Waals surface area contributed by atoms with Crippen molar-refractivity contribution in [3.63, 3.8) is 0 Å². The Morgan fingerprint density at radius 2 is 1.46 bits per heavy atom. The van der Waals surface area contributed by atoms with E-state index >= 15 is 0 Å². The van der Waals surface area contributed by atoms with E-state index in [2.05, 4.69) is 172 Å². The molecule has 4 nitrogen and oxygen atoms in total. The van der Waals surface area contributed by atoms with Crippen LogP contribution in [0.15, 0.2) is 156 Å². The van der Waals surface area contributed by atoms with Crippen molar-refractivity contribution in [2.45, 2.75) is 119 Å². The van der Waals surface area contributed by atoms with Crippen LogP contribution >= 0.6 is 0 Å². The van der Waals surface area contributed by atoms with Gasteiger partial charge >= 0.3 is 0 Å². The van der Waals surface area contributed by atoms with Crippen LogP contribution < -0.4 is 0 Å². The molecule has 0 saturated heterocycles. The van der Waals surface area contributed by atoms with Crippen molar-refractivity contribution in [3.8, 4) is 50.6 Å². The number of imidazole rings is 1. The molecule has 0 spiro atoms. The first kappa shape index (κ1) is 45.0. The molecule has 1 aliphatic carbocycles. The zero-order valence-corrected chi connectivity index (χ0v) is 46.3. The Bertz CT molecular complexity index is 3820. The van der Waals surface area contributed by atoms with Gasteiger partial charge in [-0.1, -0.05) is 164 Å². The van der Waals surface area contributed by atoms with Crippen molar-refractivity contribution in [3.05, 3.63) is 198 Å². The van der Waals surface area contributed by atoms with E-state index < -0.39 is 30.4 Å². The van der Waals surface area contributed by atoms with Crippen LogP contribution in [0.3, 0.4) is 0 Å². The van der Waals surface area contributed by atoms with E-state index in [0.717, 1.165) is 92.8 Å². The largest absolute Gasteiger partial charge is 0.501 e. The fraction of sp³-hybridized carbons (Fsp3) is 0.294. The molecule has 7 aromatic carbocycles. The maximum atomic E-state index is 13.1. The summed E-state index contributed by atoms with van der Waals surface area (Å²) in [6.07, 6.45) is 3.30. The van der Waals surface area contributed by atoms with Crippen molar-refractivity contribution in [1.29, 1.82) is 0 Å². The Labute approximate surface area is 460 Å². The molecule has 1 saturated carbocycles. The van der Waals surface area contributed by atoms with Gasteiger partial charge in [0.25, 0.3) is 0 Å². The van der Waals surface area contributed by atoms with Crippen molar-refractivity contribution in [1.82, 2.24) is 14.5 Å². The van der Waals surface area contributed by atoms with Gasteiger partial charge in [0.15, 0.2) is 0 Å². The van der Waals surface area contributed by atoms with Gasteiger partial charge in [-0.3, -0.25) is 9.37 Å². The van der Waals surface area contributed by atoms with Gasteiger partial charge in [0, 0.05) is 51.4 Å². The van der Waals surface area contributed by atoms with Crippen molar-refractivity contribution < 1.29 is 37.1 Å². The summed E-state index contributed by atoms with van der Waals surface area (Å²) in [5.74, 6) is 0.359. The number of fused-ring (bicyclic) bond motifs is 4. The van der Waals surface area contributed by atoms with Gasteiger partial charge in [-0.25, -0.2) is 0 Å². The second-order valence-electron chi connectivity index (χ2n) is 22.1. The third-order valence-electron chi connectivity index (χ3n) is 14.3. The molecule has 1 fully saturated rings. The first-order chi connectivity index (χ1) is 37.3. The Hall–Kier alpha value is -6.46. The van der Waals surface area contributed by atoms with Crippen molar-refractivity contribution in [2.24, 2.45) is 10.8 Å². The summed E-state index contributed by atoms with van der Waals surface area (Å²) in [6, 6.07) is 54.8. The van der Waals surface area contributed by atoms with Crippen LogP contribution in [-0.4, -0.2) is 14.5 Å². The predicted octanol–water partition coefficient (Wildman–Crippen LogP) is 19.2.